The minimum atomic E-state index is -0.707. The maximum Gasteiger partial charge on any atom is 0.412 e. The molecule has 0 fully saturated rings. The van der Waals surface area contributed by atoms with Crippen LogP contribution in [0.4, 0.5) is 20.6 Å². The van der Waals surface area contributed by atoms with E-state index in [1.165, 1.54) is 12.1 Å². The van der Waals surface area contributed by atoms with Crippen molar-refractivity contribution in [1.29, 1.82) is 0 Å². The van der Waals surface area contributed by atoms with Gasteiger partial charge in [0.05, 0.1) is 11.4 Å². The molecule has 0 spiro atoms. The standard InChI is InChI=1S/C21H25FN2O4/c1-5-14-6-9-16(10-7-14)27-13-19(25)23-18-12-15(22)8-11-17(18)24-20(26)28-21(2,3)4/h6-12H,5,13H2,1-4H3,(H,23,25)(H,24,26). The van der Waals surface area contributed by atoms with E-state index >= 15 is 0 Å². The molecule has 6 nitrogen and oxygen atoms in total. The molecule has 2 aromatic carbocycles. The van der Waals surface area contributed by atoms with Crippen molar-refractivity contribution >= 4 is 23.4 Å². The number of carbonyl (C=O) groups is 2. The fraction of sp³-hybridized carbons (Fsp3) is 0.333. The molecule has 150 valence electrons. The molecule has 2 amide bonds. The Morgan fingerprint density at radius 3 is 2.29 bits per heavy atom. The second kappa shape index (κ2) is 9.21. The zero-order chi connectivity index (χ0) is 20.7. The second-order valence-electron chi connectivity index (χ2n) is 7.15. The van der Waals surface area contributed by atoms with Gasteiger partial charge in [0.2, 0.25) is 0 Å². The highest BCUT2D eigenvalue weighted by atomic mass is 19.1. The number of hydrogen-bond donors (Lipinski definition) is 2. The average Bonchev–Trinajstić information content (AvgIpc) is 2.61. The lowest BCUT2D eigenvalue weighted by atomic mass is 10.2. The number of ether oxygens (including phenoxy) is 2. The van der Waals surface area contributed by atoms with Crippen molar-refractivity contribution in [3.63, 3.8) is 0 Å². The van der Waals surface area contributed by atoms with E-state index in [0.29, 0.717) is 5.75 Å². The summed E-state index contributed by atoms with van der Waals surface area (Å²) in [6, 6.07) is 11.0. The van der Waals surface area contributed by atoms with Gasteiger partial charge in [0.15, 0.2) is 6.61 Å². The van der Waals surface area contributed by atoms with Gasteiger partial charge in [-0.25, -0.2) is 9.18 Å². The van der Waals surface area contributed by atoms with E-state index < -0.39 is 23.4 Å². The smallest absolute Gasteiger partial charge is 0.412 e. The number of anilines is 2. The third-order valence-corrected chi connectivity index (χ3v) is 3.59. The van der Waals surface area contributed by atoms with Gasteiger partial charge in [-0.2, -0.15) is 0 Å². The quantitative estimate of drug-likeness (QED) is 0.748. The lowest BCUT2D eigenvalue weighted by molar-refractivity contribution is -0.118. The molecule has 0 aliphatic rings. The molecule has 7 heteroatoms. The summed E-state index contributed by atoms with van der Waals surface area (Å²) in [5.74, 6) is -0.489. The molecule has 2 aromatic rings. The zero-order valence-corrected chi connectivity index (χ0v) is 16.5. The van der Waals surface area contributed by atoms with Gasteiger partial charge in [-0.1, -0.05) is 19.1 Å². The molecule has 0 aliphatic heterocycles. The van der Waals surface area contributed by atoms with Gasteiger partial charge in [-0.05, 0) is 63.1 Å². The maximum atomic E-state index is 13.6. The summed E-state index contributed by atoms with van der Waals surface area (Å²) in [5, 5.41) is 5.04. The summed E-state index contributed by atoms with van der Waals surface area (Å²) >= 11 is 0. The number of hydrogen-bond acceptors (Lipinski definition) is 4. The largest absolute Gasteiger partial charge is 0.484 e. The van der Waals surface area contributed by atoms with Crippen LogP contribution in [-0.2, 0) is 16.0 Å². The summed E-state index contributed by atoms with van der Waals surface area (Å²) in [7, 11) is 0. The monoisotopic (exact) mass is 388 g/mol. The van der Waals surface area contributed by atoms with E-state index in [9.17, 15) is 14.0 Å². The summed E-state index contributed by atoms with van der Waals surface area (Å²) < 4.78 is 24.2. The number of amides is 2. The minimum Gasteiger partial charge on any atom is -0.484 e. The van der Waals surface area contributed by atoms with E-state index in [2.05, 4.69) is 10.6 Å². The Balaban J connectivity index is 2.00. The van der Waals surface area contributed by atoms with Crippen LogP contribution in [0.5, 0.6) is 5.75 Å². The van der Waals surface area contributed by atoms with Crippen molar-refractivity contribution in [3.8, 4) is 5.75 Å². The molecule has 0 unspecified atom stereocenters. The van der Waals surface area contributed by atoms with Crippen molar-refractivity contribution in [2.24, 2.45) is 0 Å². The molecule has 0 atom stereocenters. The van der Waals surface area contributed by atoms with Crippen LogP contribution >= 0.6 is 0 Å². The normalized spacial score (nSPS) is 10.9. The van der Waals surface area contributed by atoms with Gasteiger partial charge in [-0.3, -0.25) is 10.1 Å². The molecule has 0 saturated carbocycles. The van der Waals surface area contributed by atoms with Crippen LogP contribution in [0.2, 0.25) is 0 Å². The van der Waals surface area contributed by atoms with Gasteiger partial charge in [0.1, 0.15) is 17.2 Å². The number of nitrogens with one attached hydrogen (secondary N) is 2. The highest BCUT2D eigenvalue weighted by Crippen LogP contribution is 2.24. The Labute approximate surface area is 164 Å². The van der Waals surface area contributed by atoms with Crippen LogP contribution in [0.15, 0.2) is 42.5 Å². The SMILES string of the molecule is CCc1ccc(OCC(=O)Nc2cc(F)ccc2NC(=O)OC(C)(C)C)cc1. The topological polar surface area (TPSA) is 76.7 Å². The van der Waals surface area contributed by atoms with E-state index in [4.69, 9.17) is 9.47 Å². The first-order chi connectivity index (χ1) is 13.2. The van der Waals surface area contributed by atoms with Gasteiger partial charge in [0, 0.05) is 0 Å². The molecule has 0 aromatic heterocycles. The first-order valence-corrected chi connectivity index (χ1v) is 8.97. The predicted molar refractivity (Wildman–Crippen MR) is 106 cm³/mol. The molecule has 0 saturated heterocycles. The Hall–Kier alpha value is -3.09. The molecular weight excluding hydrogens is 363 g/mol. The number of aryl methyl sites for hydroxylation is 1. The Bertz CT molecular complexity index is 829. The predicted octanol–water partition coefficient (Wildman–Crippen LogP) is 4.75. The second-order valence-corrected chi connectivity index (χ2v) is 7.15. The summed E-state index contributed by atoms with van der Waals surface area (Å²) in [6.07, 6.45) is 0.204. The highest BCUT2D eigenvalue weighted by molar-refractivity contribution is 5.98. The minimum absolute atomic E-state index is 0.112. The first kappa shape index (κ1) is 21.2. The van der Waals surface area contributed by atoms with Crippen LogP contribution < -0.4 is 15.4 Å². The zero-order valence-electron chi connectivity index (χ0n) is 16.5. The van der Waals surface area contributed by atoms with Crippen LogP contribution in [-0.4, -0.2) is 24.2 Å². The van der Waals surface area contributed by atoms with E-state index in [-0.39, 0.29) is 18.0 Å². The lowest BCUT2D eigenvalue weighted by Crippen LogP contribution is -2.28. The molecule has 2 rings (SSSR count). The van der Waals surface area contributed by atoms with Gasteiger partial charge in [-0.15, -0.1) is 0 Å². The van der Waals surface area contributed by atoms with Gasteiger partial charge in [0.25, 0.3) is 5.91 Å². The van der Waals surface area contributed by atoms with Crippen molar-refractivity contribution in [1.82, 2.24) is 0 Å². The number of benzene rings is 2. The van der Waals surface area contributed by atoms with Crippen LogP contribution in [0.3, 0.4) is 0 Å². The average molecular weight is 388 g/mol. The molecule has 2 N–H and O–H groups in total. The van der Waals surface area contributed by atoms with Gasteiger partial charge >= 0.3 is 6.09 Å². The first-order valence-electron chi connectivity index (χ1n) is 8.97. The third-order valence-electron chi connectivity index (χ3n) is 3.59. The Kier molecular flexibility index (Phi) is 6.98. The molecule has 0 radical (unpaired) electrons. The number of rotatable bonds is 6. The number of halogens is 1. The third kappa shape index (κ3) is 6.90. The van der Waals surface area contributed by atoms with E-state index in [0.717, 1.165) is 18.1 Å². The molecule has 0 heterocycles. The molecular formula is C21H25FN2O4. The summed E-state index contributed by atoms with van der Waals surface area (Å²) in [5.41, 5.74) is 0.806. The van der Waals surface area contributed by atoms with E-state index in [1.807, 2.05) is 19.1 Å². The molecule has 28 heavy (non-hydrogen) atoms. The van der Waals surface area contributed by atoms with Crippen molar-refractivity contribution in [3.05, 3.63) is 53.8 Å². The van der Waals surface area contributed by atoms with Gasteiger partial charge < -0.3 is 14.8 Å². The Morgan fingerprint density at radius 2 is 1.68 bits per heavy atom. The molecule has 0 aliphatic carbocycles. The lowest BCUT2D eigenvalue weighted by Gasteiger charge is -2.20. The molecule has 0 bridgehead atoms. The number of carbonyl (C=O) groups excluding carboxylic acids is 2. The van der Waals surface area contributed by atoms with Crippen molar-refractivity contribution in [2.75, 3.05) is 17.2 Å². The summed E-state index contributed by atoms with van der Waals surface area (Å²) in [4.78, 5) is 24.1. The maximum absolute atomic E-state index is 13.6. The highest BCUT2D eigenvalue weighted by Gasteiger charge is 2.18. The van der Waals surface area contributed by atoms with Crippen LogP contribution in [0.1, 0.15) is 33.3 Å². The van der Waals surface area contributed by atoms with Crippen molar-refractivity contribution < 1.29 is 23.5 Å². The van der Waals surface area contributed by atoms with Crippen LogP contribution in [0.25, 0.3) is 0 Å². The fourth-order valence-electron chi connectivity index (χ4n) is 2.30. The summed E-state index contributed by atoms with van der Waals surface area (Å²) in [6.45, 7) is 6.97. The Morgan fingerprint density at radius 1 is 1.00 bits per heavy atom. The van der Waals surface area contributed by atoms with E-state index in [1.54, 1.807) is 32.9 Å². The van der Waals surface area contributed by atoms with Crippen LogP contribution in [0, 0.1) is 5.82 Å². The van der Waals surface area contributed by atoms with Crippen molar-refractivity contribution in [2.45, 2.75) is 39.7 Å². The fourth-order valence-corrected chi connectivity index (χ4v) is 2.30.